The third kappa shape index (κ3) is 2.95. The highest BCUT2D eigenvalue weighted by molar-refractivity contribution is 6.83. The van der Waals surface area contributed by atoms with Crippen LogP contribution in [0.3, 0.4) is 0 Å². The van der Waals surface area contributed by atoms with Crippen LogP contribution in [0.15, 0.2) is 12.1 Å². The molecule has 0 unspecified atom stereocenters. The van der Waals surface area contributed by atoms with Crippen molar-refractivity contribution >= 4 is 22.6 Å². The Balaban J connectivity index is 3.44. The summed E-state index contributed by atoms with van der Waals surface area (Å²) in [5, 5.41) is -0.904. The van der Waals surface area contributed by atoms with E-state index in [-0.39, 0.29) is 0 Å². The Morgan fingerprint density at radius 2 is 1.47 bits per heavy atom. The van der Waals surface area contributed by atoms with Gasteiger partial charge in [0.15, 0.2) is 0 Å². The van der Waals surface area contributed by atoms with Crippen LogP contribution >= 0.6 is 11.6 Å². The number of Topliss-reactive ketones (excluding diaryl/α,β-unsaturated/α-hetero) is 1. The molecule has 2 nitrogen and oxygen atoms in total. The van der Waals surface area contributed by atoms with Gasteiger partial charge in [0.05, 0.1) is 0 Å². The Morgan fingerprint density at radius 3 is 1.76 bits per heavy atom. The molecule has 0 fully saturated rings. The molecule has 0 amide bonds. The Bertz CT molecular complexity index is 425. The van der Waals surface area contributed by atoms with Crippen molar-refractivity contribution in [1.29, 1.82) is 0 Å². The molecule has 1 aromatic carbocycles. The number of carbonyl (C=O) groups is 2. The third-order valence-corrected chi connectivity index (χ3v) is 3.11. The van der Waals surface area contributed by atoms with Gasteiger partial charge < -0.3 is 0 Å². The maximum atomic E-state index is 11.8. The average Bonchev–Trinajstić information content (AvgIpc) is 2.35. The van der Waals surface area contributed by atoms with Crippen molar-refractivity contribution < 1.29 is 9.59 Å². The molecule has 0 aliphatic rings. The van der Waals surface area contributed by atoms with E-state index in [0.717, 1.165) is 30.4 Å². The molecule has 1 aromatic rings. The average molecular weight is 253 g/mol. The lowest BCUT2D eigenvalue weighted by molar-refractivity contribution is -0.108. The van der Waals surface area contributed by atoms with Crippen molar-refractivity contribution in [2.75, 3.05) is 0 Å². The Morgan fingerprint density at radius 1 is 1.00 bits per heavy atom. The zero-order valence-electron chi connectivity index (χ0n) is 10.5. The van der Waals surface area contributed by atoms with E-state index >= 15 is 0 Å². The van der Waals surface area contributed by atoms with E-state index in [1.807, 2.05) is 26.0 Å². The molecule has 0 N–H and O–H groups in total. The highest BCUT2D eigenvalue weighted by Crippen LogP contribution is 2.21. The molecule has 0 aromatic heterocycles. The molecule has 0 aliphatic heterocycles. The predicted molar refractivity (Wildman–Crippen MR) is 69.8 cm³/mol. The summed E-state index contributed by atoms with van der Waals surface area (Å²) in [5.74, 6) is -0.581. The molecule has 0 heterocycles. The van der Waals surface area contributed by atoms with Gasteiger partial charge in [-0.3, -0.25) is 9.59 Å². The van der Waals surface area contributed by atoms with E-state index in [1.54, 1.807) is 0 Å². The largest absolute Gasteiger partial charge is 0.293 e. The number of aryl methyl sites for hydroxylation is 3. The van der Waals surface area contributed by atoms with Crippen molar-refractivity contribution in [3.05, 3.63) is 34.4 Å². The molecule has 0 atom stereocenters. The second kappa shape index (κ2) is 5.97. The van der Waals surface area contributed by atoms with Gasteiger partial charge in [-0.15, -0.1) is 0 Å². The van der Waals surface area contributed by atoms with Crippen molar-refractivity contribution in [3.8, 4) is 0 Å². The molecule has 1 rings (SSSR count). The van der Waals surface area contributed by atoms with Crippen molar-refractivity contribution in [2.45, 2.75) is 40.0 Å². The van der Waals surface area contributed by atoms with Crippen molar-refractivity contribution in [2.24, 2.45) is 0 Å². The Kier molecular flexibility index (Phi) is 4.88. The minimum absolute atomic E-state index is 0.507. The maximum Gasteiger partial charge on any atom is 0.293 e. The molecule has 0 spiro atoms. The van der Waals surface area contributed by atoms with Crippen LogP contribution in [0.4, 0.5) is 0 Å². The zero-order chi connectivity index (χ0) is 13.0. The SMILES string of the molecule is CCc1cc(CC)c(C(=O)C(=O)Cl)c(CC)c1. The first-order chi connectivity index (χ1) is 8.04. The van der Waals surface area contributed by atoms with E-state index in [9.17, 15) is 9.59 Å². The number of ketones is 1. The van der Waals surface area contributed by atoms with Crippen LogP contribution in [0.1, 0.15) is 47.8 Å². The normalized spacial score (nSPS) is 10.4. The first kappa shape index (κ1) is 13.9. The zero-order valence-corrected chi connectivity index (χ0v) is 11.2. The molecule has 3 heteroatoms. The number of carbonyl (C=O) groups excluding carboxylic acids is 2. The van der Waals surface area contributed by atoms with Gasteiger partial charge in [0, 0.05) is 5.56 Å². The smallest absolute Gasteiger partial charge is 0.284 e. The van der Waals surface area contributed by atoms with Crippen LogP contribution < -0.4 is 0 Å². The fourth-order valence-corrected chi connectivity index (χ4v) is 2.09. The predicted octanol–water partition coefficient (Wildman–Crippen LogP) is 3.32. The number of rotatable bonds is 5. The van der Waals surface area contributed by atoms with Crippen LogP contribution in [-0.4, -0.2) is 11.0 Å². The highest BCUT2D eigenvalue weighted by Gasteiger charge is 2.20. The second-order valence-corrected chi connectivity index (χ2v) is 4.30. The number of hydrogen-bond acceptors (Lipinski definition) is 2. The van der Waals surface area contributed by atoms with Crippen LogP contribution in [-0.2, 0) is 24.1 Å². The number of halogens is 1. The second-order valence-electron chi connectivity index (χ2n) is 3.95. The molecule has 0 saturated heterocycles. The summed E-state index contributed by atoms with van der Waals surface area (Å²) in [6.45, 7) is 6.02. The van der Waals surface area contributed by atoms with Crippen LogP contribution in [0, 0.1) is 0 Å². The van der Waals surface area contributed by atoms with E-state index in [1.165, 1.54) is 5.56 Å². The monoisotopic (exact) mass is 252 g/mol. The summed E-state index contributed by atoms with van der Waals surface area (Å²) in [5.41, 5.74) is 3.53. The lowest BCUT2D eigenvalue weighted by Crippen LogP contribution is -2.14. The lowest BCUT2D eigenvalue weighted by atomic mass is 9.91. The van der Waals surface area contributed by atoms with Gasteiger partial charge in [0.2, 0.25) is 5.78 Å². The quantitative estimate of drug-likeness (QED) is 0.458. The van der Waals surface area contributed by atoms with E-state index in [0.29, 0.717) is 5.56 Å². The molecule has 0 saturated carbocycles. The fourth-order valence-electron chi connectivity index (χ4n) is 1.99. The van der Waals surface area contributed by atoms with Crippen LogP contribution in [0.25, 0.3) is 0 Å². The Hall–Kier alpha value is -1.15. The first-order valence-corrected chi connectivity index (χ1v) is 6.31. The van der Waals surface area contributed by atoms with Crippen molar-refractivity contribution in [1.82, 2.24) is 0 Å². The minimum atomic E-state index is -0.904. The van der Waals surface area contributed by atoms with Gasteiger partial charge in [-0.25, -0.2) is 0 Å². The third-order valence-electron chi connectivity index (χ3n) is 2.94. The lowest BCUT2D eigenvalue weighted by Gasteiger charge is -2.12. The fraction of sp³-hybridized carbons (Fsp3) is 0.429. The summed E-state index contributed by atoms with van der Waals surface area (Å²) in [4.78, 5) is 22.9. The summed E-state index contributed by atoms with van der Waals surface area (Å²) in [6, 6.07) is 3.98. The van der Waals surface area contributed by atoms with E-state index in [4.69, 9.17) is 11.6 Å². The molecular weight excluding hydrogens is 236 g/mol. The number of hydrogen-bond donors (Lipinski definition) is 0. The highest BCUT2D eigenvalue weighted by atomic mass is 35.5. The molecule has 92 valence electrons. The van der Waals surface area contributed by atoms with Gasteiger partial charge >= 0.3 is 0 Å². The Labute approximate surface area is 107 Å². The van der Waals surface area contributed by atoms with Gasteiger partial charge in [-0.05, 0) is 47.6 Å². The standard InChI is InChI=1S/C14H17ClO2/c1-4-9-7-10(5-2)12(11(6-3)8-9)13(16)14(15)17/h7-8H,4-6H2,1-3H3. The summed E-state index contributed by atoms with van der Waals surface area (Å²) < 4.78 is 0. The molecule has 0 radical (unpaired) electrons. The summed E-state index contributed by atoms with van der Waals surface area (Å²) >= 11 is 5.31. The number of benzene rings is 1. The van der Waals surface area contributed by atoms with Gasteiger partial charge in [0.1, 0.15) is 0 Å². The summed E-state index contributed by atoms with van der Waals surface area (Å²) in [6.07, 6.45) is 2.38. The van der Waals surface area contributed by atoms with E-state index in [2.05, 4.69) is 6.92 Å². The molecular formula is C14H17ClO2. The van der Waals surface area contributed by atoms with Gasteiger partial charge in [0.25, 0.3) is 5.24 Å². The molecule has 0 bridgehead atoms. The van der Waals surface area contributed by atoms with Crippen LogP contribution in [0.5, 0.6) is 0 Å². The molecule has 0 aliphatic carbocycles. The van der Waals surface area contributed by atoms with E-state index < -0.39 is 11.0 Å². The van der Waals surface area contributed by atoms with Crippen LogP contribution in [0.2, 0.25) is 0 Å². The molecule has 17 heavy (non-hydrogen) atoms. The first-order valence-electron chi connectivity index (χ1n) is 5.93. The van der Waals surface area contributed by atoms with Gasteiger partial charge in [-0.2, -0.15) is 0 Å². The summed E-state index contributed by atoms with van der Waals surface area (Å²) in [7, 11) is 0. The maximum absolute atomic E-state index is 11.8. The van der Waals surface area contributed by atoms with Crippen molar-refractivity contribution in [3.63, 3.8) is 0 Å². The topological polar surface area (TPSA) is 34.1 Å². The minimum Gasteiger partial charge on any atom is -0.284 e. The van der Waals surface area contributed by atoms with Gasteiger partial charge in [-0.1, -0.05) is 32.9 Å².